The van der Waals surface area contributed by atoms with Gasteiger partial charge in [0, 0.05) is 13.2 Å². The summed E-state index contributed by atoms with van der Waals surface area (Å²) in [6.07, 6.45) is 7.73. The minimum absolute atomic E-state index is 0.0648. The Morgan fingerprint density at radius 3 is 2.75 bits per heavy atom. The Kier molecular flexibility index (Phi) is 3.41. The lowest BCUT2D eigenvalue weighted by Crippen LogP contribution is -2.47. The van der Waals surface area contributed by atoms with Crippen LogP contribution in [0.2, 0.25) is 0 Å². The van der Waals surface area contributed by atoms with Crippen molar-refractivity contribution in [2.75, 3.05) is 13.2 Å². The molecule has 5 atom stereocenters. The van der Waals surface area contributed by atoms with Crippen LogP contribution >= 0.6 is 0 Å². The number of hydrogen-bond donors (Lipinski definition) is 2. The van der Waals surface area contributed by atoms with Gasteiger partial charge in [0.05, 0.1) is 0 Å². The molecule has 0 aromatic rings. The molecule has 2 N–H and O–H groups in total. The molecule has 2 aliphatic rings. The van der Waals surface area contributed by atoms with E-state index in [1.165, 1.54) is 0 Å². The highest BCUT2D eigenvalue weighted by Gasteiger charge is 2.47. The van der Waals surface area contributed by atoms with Gasteiger partial charge < -0.3 is 10.2 Å². The molecule has 0 amide bonds. The zero-order chi connectivity index (χ0) is 11.8. The summed E-state index contributed by atoms with van der Waals surface area (Å²) in [5.41, 5.74) is 0.0648. The van der Waals surface area contributed by atoms with Gasteiger partial charge in [-0.1, -0.05) is 26.0 Å². The first-order valence-electron chi connectivity index (χ1n) is 6.51. The standard InChI is InChI=1S/C14H24O2/c1-10-4-3-5-12-13(10)11(8-15)6-7-14(12,2)9-16/h3-4,10-13,15-16H,5-9H2,1-2H3. The topological polar surface area (TPSA) is 40.5 Å². The van der Waals surface area contributed by atoms with E-state index in [-0.39, 0.29) is 12.0 Å². The van der Waals surface area contributed by atoms with E-state index in [1.54, 1.807) is 0 Å². The SMILES string of the molecule is CC1C=CCC2C1C(CO)CCC2(C)CO. The third-order valence-electron chi connectivity index (χ3n) is 5.02. The fourth-order valence-corrected chi connectivity index (χ4v) is 3.90. The van der Waals surface area contributed by atoms with Gasteiger partial charge in [-0.3, -0.25) is 0 Å². The van der Waals surface area contributed by atoms with Crippen LogP contribution in [-0.4, -0.2) is 23.4 Å². The van der Waals surface area contributed by atoms with Gasteiger partial charge in [-0.05, 0) is 48.3 Å². The molecule has 5 unspecified atom stereocenters. The number of allylic oxidation sites excluding steroid dienone is 2. The molecule has 0 bridgehead atoms. The number of hydrogen-bond acceptors (Lipinski definition) is 2. The van der Waals surface area contributed by atoms with Crippen LogP contribution in [0.1, 0.15) is 33.1 Å². The van der Waals surface area contributed by atoms with E-state index in [2.05, 4.69) is 26.0 Å². The summed E-state index contributed by atoms with van der Waals surface area (Å²) in [6.45, 7) is 5.05. The van der Waals surface area contributed by atoms with E-state index in [4.69, 9.17) is 0 Å². The van der Waals surface area contributed by atoms with Crippen LogP contribution in [0, 0.1) is 29.1 Å². The summed E-state index contributed by atoms with van der Waals surface area (Å²) >= 11 is 0. The molecule has 0 aromatic heterocycles. The summed E-state index contributed by atoms with van der Waals surface area (Å²) < 4.78 is 0. The van der Waals surface area contributed by atoms with Gasteiger partial charge in [-0.2, -0.15) is 0 Å². The van der Waals surface area contributed by atoms with Crippen molar-refractivity contribution in [2.45, 2.75) is 33.1 Å². The molecular weight excluding hydrogens is 200 g/mol. The molecule has 0 radical (unpaired) electrons. The number of rotatable bonds is 2. The van der Waals surface area contributed by atoms with Crippen molar-refractivity contribution in [3.63, 3.8) is 0 Å². The van der Waals surface area contributed by atoms with E-state index in [0.717, 1.165) is 19.3 Å². The largest absolute Gasteiger partial charge is 0.396 e. The van der Waals surface area contributed by atoms with Gasteiger partial charge in [-0.15, -0.1) is 0 Å². The van der Waals surface area contributed by atoms with Gasteiger partial charge in [0.25, 0.3) is 0 Å². The summed E-state index contributed by atoms with van der Waals surface area (Å²) in [5, 5.41) is 19.2. The molecule has 0 saturated heterocycles. The van der Waals surface area contributed by atoms with Crippen LogP contribution < -0.4 is 0 Å². The predicted octanol–water partition coefficient (Wildman–Crippen LogP) is 2.22. The summed E-state index contributed by atoms with van der Waals surface area (Å²) in [7, 11) is 0. The average Bonchev–Trinajstić information content (AvgIpc) is 2.31. The fraction of sp³-hybridized carbons (Fsp3) is 0.857. The molecule has 2 nitrogen and oxygen atoms in total. The summed E-state index contributed by atoms with van der Waals surface area (Å²) in [4.78, 5) is 0. The van der Waals surface area contributed by atoms with Crippen LogP contribution in [0.3, 0.4) is 0 Å². The van der Waals surface area contributed by atoms with E-state index < -0.39 is 0 Å². The zero-order valence-electron chi connectivity index (χ0n) is 10.4. The highest BCUT2D eigenvalue weighted by Crippen LogP contribution is 2.52. The smallest absolute Gasteiger partial charge is 0.0487 e. The molecule has 2 aliphatic carbocycles. The Labute approximate surface area is 98.4 Å². The van der Waals surface area contributed by atoms with Crippen molar-refractivity contribution in [1.82, 2.24) is 0 Å². The van der Waals surface area contributed by atoms with Gasteiger partial charge in [0.1, 0.15) is 0 Å². The van der Waals surface area contributed by atoms with Gasteiger partial charge in [0.15, 0.2) is 0 Å². The number of fused-ring (bicyclic) bond motifs is 1. The molecule has 0 aliphatic heterocycles. The number of aliphatic hydroxyl groups excluding tert-OH is 2. The van der Waals surface area contributed by atoms with E-state index >= 15 is 0 Å². The van der Waals surface area contributed by atoms with Crippen molar-refractivity contribution in [3.8, 4) is 0 Å². The van der Waals surface area contributed by atoms with Crippen LogP contribution in [0.5, 0.6) is 0 Å². The Balaban J connectivity index is 2.27. The highest BCUT2D eigenvalue weighted by atomic mass is 16.3. The third kappa shape index (κ3) is 1.82. The Hall–Kier alpha value is -0.340. The summed E-state index contributed by atoms with van der Waals surface area (Å²) in [5.74, 6) is 2.08. The van der Waals surface area contributed by atoms with Crippen molar-refractivity contribution in [1.29, 1.82) is 0 Å². The quantitative estimate of drug-likeness (QED) is 0.706. The van der Waals surface area contributed by atoms with Crippen molar-refractivity contribution < 1.29 is 10.2 Å². The first-order chi connectivity index (χ1) is 7.62. The van der Waals surface area contributed by atoms with Crippen molar-refractivity contribution in [2.24, 2.45) is 29.1 Å². The van der Waals surface area contributed by atoms with Crippen LogP contribution in [-0.2, 0) is 0 Å². The minimum Gasteiger partial charge on any atom is -0.396 e. The monoisotopic (exact) mass is 224 g/mol. The molecule has 1 saturated carbocycles. The fourth-order valence-electron chi connectivity index (χ4n) is 3.90. The maximum Gasteiger partial charge on any atom is 0.0487 e. The maximum absolute atomic E-state index is 9.65. The average molecular weight is 224 g/mol. The molecule has 0 aromatic carbocycles. The second kappa shape index (κ2) is 4.50. The van der Waals surface area contributed by atoms with Crippen molar-refractivity contribution in [3.05, 3.63) is 12.2 Å². The minimum atomic E-state index is 0.0648. The Morgan fingerprint density at radius 1 is 1.38 bits per heavy atom. The maximum atomic E-state index is 9.65. The van der Waals surface area contributed by atoms with Gasteiger partial charge in [-0.25, -0.2) is 0 Å². The highest BCUT2D eigenvalue weighted by molar-refractivity contribution is 5.07. The predicted molar refractivity (Wildman–Crippen MR) is 64.9 cm³/mol. The molecule has 0 spiro atoms. The second-order valence-electron chi connectivity index (χ2n) is 6.00. The van der Waals surface area contributed by atoms with Gasteiger partial charge in [0.2, 0.25) is 0 Å². The third-order valence-corrected chi connectivity index (χ3v) is 5.02. The van der Waals surface area contributed by atoms with Crippen molar-refractivity contribution >= 4 is 0 Å². The molecule has 1 fully saturated rings. The first kappa shape index (κ1) is 12.1. The van der Waals surface area contributed by atoms with Crippen LogP contribution in [0.4, 0.5) is 0 Å². The summed E-state index contributed by atoms with van der Waals surface area (Å²) in [6, 6.07) is 0. The lowest BCUT2D eigenvalue weighted by Gasteiger charge is -2.51. The van der Waals surface area contributed by atoms with E-state index in [9.17, 15) is 10.2 Å². The van der Waals surface area contributed by atoms with E-state index in [0.29, 0.717) is 30.3 Å². The van der Waals surface area contributed by atoms with Crippen LogP contribution in [0.25, 0.3) is 0 Å². The lowest BCUT2D eigenvalue weighted by atomic mass is 9.54. The second-order valence-corrected chi connectivity index (χ2v) is 6.00. The Bertz CT molecular complexity index is 274. The Morgan fingerprint density at radius 2 is 2.12 bits per heavy atom. The molecular formula is C14H24O2. The molecule has 16 heavy (non-hydrogen) atoms. The normalized spacial score (nSPS) is 47.8. The first-order valence-corrected chi connectivity index (χ1v) is 6.51. The van der Waals surface area contributed by atoms with Crippen LogP contribution in [0.15, 0.2) is 12.2 Å². The van der Waals surface area contributed by atoms with Gasteiger partial charge >= 0.3 is 0 Å². The number of aliphatic hydroxyl groups is 2. The molecule has 2 rings (SSSR count). The molecule has 0 heterocycles. The molecule has 2 heteroatoms. The molecule has 92 valence electrons. The zero-order valence-corrected chi connectivity index (χ0v) is 10.4. The lowest BCUT2D eigenvalue weighted by molar-refractivity contribution is -0.0544. The van der Waals surface area contributed by atoms with E-state index in [1.807, 2.05) is 0 Å².